The Labute approximate surface area is 314 Å². The molecule has 0 aromatic rings. The Balaban J connectivity index is 1.03. The first-order valence-corrected chi connectivity index (χ1v) is 21.0. The monoisotopic (exact) mass is 735 g/mol. The van der Waals surface area contributed by atoms with Crippen molar-refractivity contribution in [1.82, 2.24) is 10.2 Å². The maximum atomic E-state index is 13.0. The number of carbonyl (C=O) groups is 1. The third-order valence-electron chi connectivity index (χ3n) is 14.4. The number of nitrogens with one attached hydrogen (secondary N) is 1. The third-order valence-corrected chi connectivity index (χ3v) is 14.4. The van der Waals surface area contributed by atoms with Crippen LogP contribution in [-0.4, -0.2) is 110 Å². The van der Waals surface area contributed by atoms with E-state index >= 15 is 0 Å². The molecule has 4 fully saturated rings. The van der Waals surface area contributed by atoms with E-state index in [2.05, 4.69) is 46.0 Å². The minimum Gasteiger partial charge on any atom is -0.447 e. The van der Waals surface area contributed by atoms with Crippen molar-refractivity contribution in [3.8, 4) is 0 Å². The van der Waals surface area contributed by atoms with Crippen LogP contribution in [0.15, 0.2) is 11.6 Å². The molecule has 0 spiro atoms. The molecule has 12 atom stereocenters. The van der Waals surface area contributed by atoms with E-state index in [-0.39, 0.29) is 25.2 Å². The zero-order valence-electron chi connectivity index (χ0n) is 33.4. The number of aliphatic hydroxyl groups is 3. The molecule has 4 aliphatic carbocycles. The van der Waals surface area contributed by atoms with Gasteiger partial charge in [-0.25, -0.2) is 4.79 Å². The second-order valence-corrected chi connectivity index (χ2v) is 18.1. The van der Waals surface area contributed by atoms with Gasteiger partial charge < -0.3 is 44.5 Å². The molecule has 300 valence electrons. The van der Waals surface area contributed by atoms with Crippen LogP contribution in [0.3, 0.4) is 0 Å². The third kappa shape index (κ3) is 9.93. The molecule has 0 aromatic heterocycles. The van der Waals surface area contributed by atoms with Gasteiger partial charge in [0.25, 0.3) is 0 Å². The highest BCUT2D eigenvalue weighted by atomic mass is 16.6. The Hall–Kier alpha value is -1.27. The van der Waals surface area contributed by atoms with Crippen LogP contribution in [0, 0.1) is 46.3 Å². The van der Waals surface area contributed by atoms with E-state index in [9.17, 15) is 20.1 Å². The largest absolute Gasteiger partial charge is 0.447 e. The number of fused-ring (bicyclic) bond motifs is 5. The van der Waals surface area contributed by atoms with Crippen molar-refractivity contribution >= 4 is 6.09 Å². The number of hydrogen-bond donors (Lipinski definition) is 4. The van der Waals surface area contributed by atoms with Crippen LogP contribution >= 0.6 is 0 Å². The van der Waals surface area contributed by atoms with Crippen LogP contribution in [0.25, 0.3) is 0 Å². The van der Waals surface area contributed by atoms with Crippen LogP contribution in [0.5, 0.6) is 0 Å². The Bertz CT molecular complexity index is 1140. The summed E-state index contributed by atoms with van der Waals surface area (Å²) in [5.74, 6) is 5.05. The van der Waals surface area contributed by atoms with Gasteiger partial charge in [-0.05, 0) is 111 Å². The maximum Gasteiger partial charge on any atom is 0.409 e. The topological polar surface area (TPSA) is 130 Å². The minimum atomic E-state index is -1.39. The summed E-state index contributed by atoms with van der Waals surface area (Å²) in [6.07, 6.45) is 13.6. The minimum absolute atomic E-state index is 0.181. The second kappa shape index (κ2) is 19.1. The number of rotatable bonds is 18. The summed E-state index contributed by atoms with van der Waals surface area (Å²) in [7, 11) is 1.62. The summed E-state index contributed by atoms with van der Waals surface area (Å²) in [6, 6.07) is 0. The smallest absolute Gasteiger partial charge is 0.409 e. The molecule has 0 radical (unpaired) electrons. The van der Waals surface area contributed by atoms with Crippen LogP contribution in [0.2, 0.25) is 0 Å². The zero-order valence-corrected chi connectivity index (χ0v) is 33.4. The number of amides is 1. The fourth-order valence-electron chi connectivity index (χ4n) is 11.4. The van der Waals surface area contributed by atoms with Gasteiger partial charge in [0, 0.05) is 33.2 Å². The lowest BCUT2D eigenvalue weighted by molar-refractivity contribution is -0.245. The van der Waals surface area contributed by atoms with Crippen molar-refractivity contribution in [3.63, 3.8) is 0 Å². The molecule has 0 aromatic carbocycles. The quantitative estimate of drug-likeness (QED) is 0.0947. The number of hydrogen-bond acceptors (Lipinski definition) is 9. The lowest BCUT2D eigenvalue weighted by atomic mass is 9.47. The highest BCUT2D eigenvalue weighted by molar-refractivity contribution is 5.67. The average Bonchev–Trinajstić information content (AvgIpc) is 3.47. The molecular formula is C42H74N2O8. The van der Waals surface area contributed by atoms with E-state index in [1.165, 1.54) is 57.8 Å². The number of allylic oxidation sites excluding steroid dienone is 1. The van der Waals surface area contributed by atoms with Crippen LogP contribution in [-0.2, 0) is 18.9 Å². The van der Waals surface area contributed by atoms with Gasteiger partial charge in [-0.3, -0.25) is 0 Å². The normalized spacial score (nSPS) is 37.9. The van der Waals surface area contributed by atoms with Crippen molar-refractivity contribution in [2.24, 2.45) is 46.3 Å². The summed E-state index contributed by atoms with van der Waals surface area (Å²) in [5.41, 5.74) is 2.44. The van der Waals surface area contributed by atoms with E-state index in [1.54, 1.807) is 17.6 Å². The van der Waals surface area contributed by atoms with Gasteiger partial charge in [0.2, 0.25) is 0 Å². The molecule has 3 saturated carbocycles. The molecule has 3 unspecified atom stereocenters. The Morgan fingerprint density at radius 2 is 1.81 bits per heavy atom. The Morgan fingerprint density at radius 1 is 1.00 bits per heavy atom. The molecule has 0 bridgehead atoms. The second-order valence-electron chi connectivity index (χ2n) is 18.1. The first-order valence-electron chi connectivity index (χ1n) is 21.0. The van der Waals surface area contributed by atoms with Gasteiger partial charge in [0.05, 0.1) is 31.5 Å². The molecule has 52 heavy (non-hydrogen) atoms. The molecule has 5 aliphatic rings. The van der Waals surface area contributed by atoms with E-state index in [0.29, 0.717) is 56.6 Å². The van der Waals surface area contributed by atoms with Crippen molar-refractivity contribution in [3.05, 3.63) is 11.6 Å². The molecule has 10 nitrogen and oxygen atoms in total. The molecule has 10 heteroatoms. The highest BCUT2D eigenvalue weighted by Gasteiger charge is 2.59. The van der Waals surface area contributed by atoms with Crippen LogP contribution in [0.4, 0.5) is 4.79 Å². The fraction of sp³-hybridized carbons (Fsp3) is 0.929. The molecule has 4 N–H and O–H groups in total. The van der Waals surface area contributed by atoms with Crippen molar-refractivity contribution in [2.45, 2.75) is 149 Å². The first-order chi connectivity index (χ1) is 24.9. The number of ether oxygens (including phenoxy) is 4. The predicted octanol–water partition coefficient (Wildman–Crippen LogP) is 6.31. The Kier molecular flexibility index (Phi) is 15.3. The van der Waals surface area contributed by atoms with Gasteiger partial charge in [0.15, 0.2) is 6.29 Å². The number of aliphatic hydroxyl groups excluding tert-OH is 3. The van der Waals surface area contributed by atoms with Gasteiger partial charge in [-0.15, -0.1) is 0 Å². The number of methoxy groups -OCH3 is 1. The average molecular weight is 735 g/mol. The Morgan fingerprint density at radius 3 is 2.56 bits per heavy atom. The summed E-state index contributed by atoms with van der Waals surface area (Å²) in [4.78, 5) is 14.6. The van der Waals surface area contributed by atoms with E-state index in [0.717, 1.165) is 48.3 Å². The van der Waals surface area contributed by atoms with Gasteiger partial charge >= 0.3 is 6.09 Å². The molecule has 5 rings (SSSR count). The van der Waals surface area contributed by atoms with Gasteiger partial charge in [0.1, 0.15) is 12.7 Å². The highest BCUT2D eigenvalue weighted by Crippen LogP contribution is 2.67. The summed E-state index contributed by atoms with van der Waals surface area (Å²) >= 11 is 0. The van der Waals surface area contributed by atoms with E-state index < -0.39 is 24.6 Å². The van der Waals surface area contributed by atoms with E-state index in [4.69, 9.17) is 18.9 Å². The standard InChI is InChI=1S/C42H74N2O8/c1-28(2)9-7-10-29(3)34-13-14-35-33-12-11-30-25-31(15-17-41(30,4)36(33)16-18-42(34,35)5)50-23-24-51-40(48)44(21-22-49-6)20-8-19-43-27-32-26-37(45)38(46)39(47)52-32/h11,28-29,31-39,43,45-47H,7-10,12-27H2,1-6H3/t29-,31?,32?,33+,34-,35+,36+,37+,38-,39?,41+,42-/m0/s1. The predicted molar refractivity (Wildman–Crippen MR) is 203 cm³/mol. The lowest BCUT2D eigenvalue weighted by Gasteiger charge is -2.58. The number of nitrogens with zero attached hydrogens (tertiary/aromatic N) is 1. The van der Waals surface area contributed by atoms with Crippen molar-refractivity contribution < 1.29 is 39.1 Å². The number of carbonyl (C=O) groups excluding carboxylic acids is 1. The van der Waals surface area contributed by atoms with Gasteiger partial charge in [-0.2, -0.15) is 0 Å². The summed E-state index contributed by atoms with van der Waals surface area (Å²) < 4.78 is 22.6. The lowest BCUT2D eigenvalue weighted by Crippen LogP contribution is -2.51. The van der Waals surface area contributed by atoms with Crippen LogP contribution in [0.1, 0.15) is 118 Å². The molecule has 1 saturated heterocycles. The van der Waals surface area contributed by atoms with Crippen molar-refractivity contribution in [1.29, 1.82) is 0 Å². The molecule has 1 amide bonds. The van der Waals surface area contributed by atoms with Crippen molar-refractivity contribution in [2.75, 3.05) is 53.1 Å². The summed E-state index contributed by atoms with van der Waals surface area (Å²) in [5, 5.41) is 32.5. The first kappa shape index (κ1) is 41.9. The summed E-state index contributed by atoms with van der Waals surface area (Å²) in [6.45, 7) is 15.6. The maximum absolute atomic E-state index is 13.0. The van der Waals surface area contributed by atoms with Gasteiger partial charge in [-0.1, -0.05) is 65.5 Å². The molecule has 1 heterocycles. The SMILES string of the molecule is COCCN(CCCNCC1C[C@@H](O)[C@H](O)C(O)O1)C(=O)OCCOC1CC[C@]2(C)C(=CC[C@@H]3[C@H]4CC[C@@H]([C@@H](C)CCCC(C)C)[C@]4(C)CC[C@H]32)C1. The fourth-order valence-corrected chi connectivity index (χ4v) is 11.4. The molecule has 1 aliphatic heterocycles. The van der Waals surface area contributed by atoms with E-state index in [1.807, 2.05) is 0 Å². The van der Waals surface area contributed by atoms with Crippen LogP contribution < -0.4 is 5.32 Å². The molecular weight excluding hydrogens is 660 g/mol. The zero-order chi connectivity index (χ0) is 37.5.